The molecular weight excluding hydrogens is 586 g/mol. The summed E-state index contributed by atoms with van der Waals surface area (Å²) in [6.45, 7) is 1.84. The van der Waals surface area contributed by atoms with E-state index >= 15 is 0 Å². The fourth-order valence-corrected chi connectivity index (χ4v) is 5.97. The van der Waals surface area contributed by atoms with Gasteiger partial charge in [0.15, 0.2) is 0 Å². The van der Waals surface area contributed by atoms with Gasteiger partial charge in [-0.1, -0.05) is 42.5 Å². The van der Waals surface area contributed by atoms with Gasteiger partial charge < -0.3 is 9.47 Å². The lowest BCUT2D eigenvalue weighted by atomic mass is 10.1. The molecule has 0 N–H and O–H groups in total. The highest BCUT2D eigenvalue weighted by atomic mass is 79.9. The van der Waals surface area contributed by atoms with Gasteiger partial charge in [-0.25, -0.2) is 4.79 Å². The van der Waals surface area contributed by atoms with Crippen molar-refractivity contribution in [2.24, 2.45) is 0 Å². The van der Waals surface area contributed by atoms with Crippen LogP contribution in [-0.4, -0.2) is 35.2 Å². The number of esters is 1. The van der Waals surface area contributed by atoms with Crippen LogP contribution in [0.4, 0.5) is 4.79 Å². The Morgan fingerprint density at radius 1 is 1.09 bits per heavy atom. The number of carbonyl (C=O) groups is 3. The lowest BCUT2D eigenvalue weighted by Crippen LogP contribution is -2.42. The van der Waals surface area contributed by atoms with Crippen LogP contribution in [0.15, 0.2) is 68.4 Å². The standard InChI is InChI=1S/C25H19Br2NO5S/c1-14(24(30)32-2)28-23(29)21(34-25(28)31)12-15-10-19(26)22(20(27)11-15)33-13-17-8-5-7-16-6-3-4-9-18(16)17/h3-12,14H,13H2,1-2H3/b21-12+/t14-/m0/s1. The highest BCUT2D eigenvalue weighted by Gasteiger charge is 2.41. The van der Waals surface area contributed by atoms with Crippen LogP contribution in [0, 0.1) is 0 Å². The summed E-state index contributed by atoms with van der Waals surface area (Å²) in [7, 11) is 1.21. The number of benzene rings is 3. The maximum absolute atomic E-state index is 12.7. The average molecular weight is 605 g/mol. The number of hydrogen-bond donors (Lipinski definition) is 0. The van der Waals surface area contributed by atoms with Crippen LogP contribution in [0.3, 0.4) is 0 Å². The summed E-state index contributed by atoms with van der Waals surface area (Å²) in [5.41, 5.74) is 1.75. The summed E-state index contributed by atoms with van der Waals surface area (Å²) in [5.74, 6) is -0.560. The first kappa shape index (κ1) is 24.5. The van der Waals surface area contributed by atoms with E-state index in [1.165, 1.54) is 14.0 Å². The van der Waals surface area contributed by atoms with Gasteiger partial charge in [0, 0.05) is 0 Å². The van der Waals surface area contributed by atoms with Gasteiger partial charge in [-0.15, -0.1) is 0 Å². The summed E-state index contributed by atoms with van der Waals surface area (Å²) in [5, 5.41) is 1.76. The minimum Gasteiger partial charge on any atom is -0.487 e. The van der Waals surface area contributed by atoms with Gasteiger partial charge in [-0.2, -0.15) is 0 Å². The number of rotatable bonds is 6. The van der Waals surface area contributed by atoms with Crippen molar-refractivity contribution in [1.29, 1.82) is 0 Å². The predicted octanol–water partition coefficient (Wildman–Crippen LogP) is 6.54. The first-order valence-corrected chi connectivity index (χ1v) is 12.6. The lowest BCUT2D eigenvalue weighted by molar-refractivity contribution is -0.148. The van der Waals surface area contributed by atoms with Crippen molar-refractivity contribution in [3.8, 4) is 5.75 Å². The van der Waals surface area contributed by atoms with Crippen molar-refractivity contribution < 1.29 is 23.9 Å². The molecule has 4 rings (SSSR count). The second kappa shape index (κ2) is 10.3. The largest absolute Gasteiger partial charge is 0.487 e. The monoisotopic (exact) mass is 603 g/mol. The number of fused-ring (bicyclic) bond motifs is 1. The maximum atomic E-state index is 12.7. The molecule has 0 aromatic heterocycles. The number of halogens is 2. The second-order valence-corrected chi connectivity index (χ2v) is 10.2. The number of amides is 2. The number of imide groups is 1. The SMILES string of the molecule is COC(=O)[C@H](C)N1C(=O)S/C(=C/c2cc(Br)c(OCc3cccc4ccccc34)c(Br)c2)C1=O. The van der Waals surface area contributed by atoms with Crippen molar-refractivity contribution >= 4 is 77.6 Å². The van der Waals surface area contributed by atoms with Crippen LogP contribution < -0.4 is 4.74 Å². The zero-order valence-corrected chi connectivity index (χ0v) is 22.2. The first-order chi connectivity index (χ1) is 16.3. The number of methoxy groups -OCH3 is 1. The molecule has 0 aliphatic carbocycles. The third kappa shape index (κ3) is 4.92. The maximum Gasteiger partial charge on any atom is 0.328 e. The Kier molecular flexibility index (Phi) is 7.45. The summed E-state index contributed by atoms with van der Waals surface area (Å²) in [4.78, 5) is 38.0. The molecule has 174 valence electrons. The van der Waals surface area contributed by atoms with Crippen LogP contribution in [0.5, 0.6) is 5.75 Å². The smallest absolute Gasteiger partial charge is 0.328 e. The van der Waals surface area contributed by atoms with Gasteiger partial charge in [0.1, 0.15) is 18.4 Å². The van der Waals surface area contributed by atoms with E-state index in [1.54, 1.807) is 18.2 Å². The normalized spacial score (nSPS) is 15.8. The van der Waals surface area contributed by atoms with Crippen molar-refractivity contribution in [2.45, 2.75) is 19.6 Å². The lowest BCUT2D eigenvalue weighted by Gasteiger charge is -2.18. The van der Waals surface area contributed by atoms with Crippen molar-refractivity contribution in [3.63, 3.8) is 0 Å². The number of carbonyl (C=O) groups excluding carboxylic acids is 3. The fraction of sp³-hybridized carbons (Fsp3) is 0.160. The Bertz CT molecular complexity index is 1310. The first-order valence-electron chi connectivity index (χ1n) is 10.2. The molecule has 0 bridgehead atoms. The minimum absolute atomic E-state index is 0.226. The van der Waals surface area contributed by atoms with Gasteiger partial charge in [-0.3, -0.25) is 14.5 Å². The predicted molar refractivity (Wildman–Crippen MR) is 139 cm³/mol. The zero-order valence-electron chi connectivity index (χ0n) is 18.2. The van der Waals surface area contributed by atoms with E-state index in [0.29, 0.717) is 26.9 Å². The Morgan fingerprint density at radius 2 is 1.76 bits per heavy atom. The van der Waals surface area contributed by atoms with Crippen molar-refractivity contribution in [1.82, 2.24) is 4.90 Å². The molecule has 6 nitrogen and oxygen atoms in total. The molecule has 3 aromatic carbocycles. The van der Waals surface area contributed by atoms with Gasteiger partial charge >= 0.3 is 5.97 Å². The molecule has 1 fully saturated rings. The molecule has 0 spiro atoms. The summed E-state index contributed by atoms with van der Waals surface area (Å²) < 4.78 is 12.2. The third-order valence-electron chi connectivity index (χ3n) is 5.32. The summed E-state index contributed by atoms with van der Waals surface area (Å²) >= 11 is 7.88. The summed E-state index contributed by atoms with van der Waals surface area (Å²) in [6.07, 6.45) is 1.61. The Hall–Kier alpha value is -2.62. The molecule has 1 saturated heterocycles. The molecule has 2 amide bonds. The Morgan fingerprint density at radius 3 is 2.47 bits per heavy atom. The second-order valence-electron chi connectivity index (χ2n) is 7.49. The highest BCUT2D eigenvalue weighted by Crippen LogP contribution is 2.39. The van der Waals surface area contributed by atoms with E-state index in [1.807, 2.05) is 24.3 Å². The van der Waals surface area contributed by atoms with Gasteiger partial charge in [0.05, 0.1) is 21.0 Å². The number of thioether (sulfide) groups is 1. The molecule has 3 aromatic rings. The van der Waals surface area contributed by atoms with Gasteiger partial charge in [0.2, 0.25) is 0 Å². The molecule has 0 radical (unpaired) electrons. The van der Waals surface area contributed by atoms with E-state index in [2.05, 4.69) is 54.8 Å². The molecule has 9 heteroatoms. The Labute approximate surface area is 217 Å². The molecule has 1 aliphatic heterocycles. The Balaban J connectivity index is 1.55. The van der Waals surface area contributed by atoms with Crippen molar-refractivity contribution in [3.05, 3.63) is 79.6 Å². The van der Waals surface area contributed by atoms with E-state index in [9.17, 15) is 14.4 Å². The number of nitrogens with zero attached hydrogens (tertiary/aromatic N) is 1. The minimum atomic E-state index is -0.994. The topological polar surface area (TPSA) is 72.9 Å². The van der Waals surface area contributed by atoms with E-state index in [4.69, 9.17) is 4.74 Å². The fourth-order valence-electron chi connectivity index (χ4n) is 3.61. The number of ether oxygens (including phenoxy) is 2. The van der Waals surface area contributed by atoms with E-state index in [0.717, 1.165) is 33.0 Å². The molecule has 1 aliphatic rings. The summed E-state index contributed by atoms with van der Waals surface area (Å²) in [6, 6.07) is 16.8. The van der Waals surface area contributed by atoms with Crippen LogP contribution in [0.1, 0.15) is 18.1 Å². The van der Waals surface area contributed by atoms with Crippen LogP contribution in [0.2, 0.25) is 0 Å². The van der Waals surface area contributed by atoms with Crippen LogP contribution >= 0.6 is 43.6 Å². The number of hydrogen-bond acceptors (Lipinski definition) is 6. The van der Waals surface area contributed by atoms with Gasteiger partial charge in [0.25, 0.3) is 11.1 Å². The van der Waals surface area contributed by atoms with Crippen molar-refractivity contribution in [2.75, 3.05) is 7.11 Å². The quantitative estimate of drug-likeness (QED) is 0.235. The molecule has 34 heavy (non-hydrogen) atoms. The van der Waals surface area contributed by atoms with Crippen LogP contribution in [0.25, 0.3) is 16.8 Å². The molecule has 1 atom stereocenters. The highest BCUT2D eigenvalue weighted by molar-refractivity contribution is 9.11. The molecular formula is C25H19Br2NO5S. The molecule has 0 unspecified atom stereocenters. The van der Waals surface area contributed by atoms with Crippen LogP contribution in [-0.2, 0) is 20.9 Å². The van der Waals surface area contributed by atoms with E-state index in [-0.39, 0.29) is 4.91 Å². The zero-order chi connectivity index (χ0) is 24.4. The van der Waals surface area contributed by atoms with E-state index < -0.39 is 23.2 Å². The van der Waals surface area contributed by atoms with Gasteiger partial charge in [-0.05, 0) is 90.7 Å². The third-order valence-corrected chi connectivity index (χ3v) is 7.39. The average Bonchev–Trinajstić information content (AvgIpc) is 3.10. The molecule has 0 saturated carbocycles. The molecule has 1 heterocycles.